The van der Waals surface area contributed by atoms with Crippen LogP contribution in [0.15, 0.2) is 17.1 Å². The number of rotatable bonds is 2. The molecular weight excluding hydrogens is 393 g/mol. The van der Waals surface area contributed by atoms with Crippen molar-refractivity contribution in [2.45, 2.75) is 32.9 Å². The van der Waals surface area contributed by atoms with E-state index in [9.17, 15) is 18.0 Å². The Kier molecular flexibility index (Phi) is 4.04. The van der Waals surface area contributed by atoms with E-state index in [0.717, 1.165) is 29.8 Å². The number of alkyl halides is 2. The monoisotopic (exact) mass is 408 g/mol. The number of nitrogens with zero attached hydrogens (tertiary/aromatic N) is 4. The first-order chi connectivity index (χ1) is 13.1. The molecule has 0 saturated heterocycles. The summed E-state index contributed by atoms with van der Waals surface area (Å²) in [4.78, 5) is 17.4. The Bertz CT molecular complexity index is 1100. The van der Waals surface area contributed by atoms with Crippen molar-refractivity contribution in [2.75, 3.05) is 11.4 Å². The van der Waals surface area contributed by atoms with Gasteiger partial charge in [-0.25, -0.2) is 9.38 Å². The Hall–Kier alpha value is -2.80. The lowest BCUT2D eigenvalue weighted by atomic mass is 9.92. The van der Waals surface area contributed by atoms with Gasteiger partial charge in [-0.15, -0.1) is 6.42 Å². The van der Waals surface area contributed by atoms with Crippen LogP contribution in [0.5, 0.6) is 5.75 Å². The van der Waals surface area contributed by atoms with Gasteiger partial charge in [0.15, 0.2) is 11.6 Å². The average Bonchev–Trinajstić information content (AvgIpc) is 3.09. The number of hydrogen-bond acceptors (Lipinski definition) is 5. The van der Waals surface area contributed by atoms with Gasteiger partial charge in [-0.3, -0.25) is 9.69 Å². The van der Waals surface area contributed by atoms with Crippen molar-refractivity contribution < 1.29 is 22.7 Å². The molecule has 10 heteroatoms. The summed E-state index contributed by atoms with van der Waals surface area (Å²) < 4.78 is 52.7. The quantitative estimate of drug-likeness (QED) is 0.718. The molecule has 0 radical (unpaired) electrons. The zero-order valence-electron chi connectivity index (χ0n) is 15.0. The van der Waals surface area contributed by atoms with E-state index >= 15 is 0 Å². The van der Waals surface area contributed by atoms with Crippen molar-refractivity contribution in [1.29, 1.82) is 0 Å². The molecule has 0 spiro atoms. The molecule has 0 saturated carbocycles. The molecule has 1 amide bonds. The third-order valence-electron chi connectivity index (χ3n) is 4.51. The fraction of sp³-hybridized carbons (Fsp3) is 0.389. The molecule has 0 N–H and O–H groups in total. The van der Waals surface area contributed by atoms with Crippen molar-refractivity contribution >= 4 is 28.8 Å². The van der Waals surface area contributed by atoms with Crippen LogP contribution in [-0.2, 0) is 17.8 Å². The molecule has 2 aliphatic heterocycles. The summed E-state index contributed by atoms with van der Waals surface area (Å²) in [7, 11) is 0. The van der Waals surface area contributed by atoms with Crippen molar-refractivity contribution in [1.82, 2.24) is 8.94 Å². The second-order valence-electron chi connectivity index (χ2n) is 7.41. The maximum absolute atomic E-state index is 14.5. The predicted molar refractivity (Wildman–Crippen MR) is 96.0 cm³/mol. The SMILES string of the molecule is C#CCN1C(=O)C(F)(F)Oc2cc(F)c(N=c3snc4n3CC(C)(C)C4)cc21. The van der Waals surface area contributed by atoms with Gasteiger partial charge in [0.25, 0.3) is 0 Å². The third-order valence-corrected chi connectivity index (χ3v) is 5.29. The van der Waals surface area contributed by atoms with Crippen molar-refractivity contribution in [3.05, 3.63) is 28.6 Å². The third kappa shape index (κ3) is 2.96. The highest BCUT2D eigenvalue weighted by molar-refractivity contribution is 7.02. The van der Waals surface area contributed by atoms with Crippen LogP contribution in [0.3, 0.4) is 0 Å². The van der Waals surface area contributed by atoms with Gasteiger partial charge in [-0.05, 0) is 11.5 Å². The number of terminal acetylenes is 1. The molecule has 6 nitrogen and oxygen atoms in total. The van der Waals surface area contributed by atoms with Gasteiger partial charge in [-0.2, -0.15) is 13.2 Å². The molecule has 1 aromatic carbocycles. The van der Waals surface area contributed by atoms with E-state index in [-0.39, 0.29) is 16.8 Å². The number of fused-ring (bicyclic) bond motifs is 2. The summed E-state index contributed by atoms with van der Waals surface area (Å²) in [5, 5.41) is 0. The maximum Gasteiger partial charge on any atom is 0.483 e. The summed E-state index contributed by atoms with van der Waals surface area (Å²) in [6.45, 7) is 4.46. The van der Waals surface area contributed by atoms with E-state index in [1.807, 2.05) is 4.57 Å². The number of hydrogen-bond donors (Lipinski definition) is 0. The first-order valence-electron chi connectivity index (χ1n) is 8.37. The molecule has 146 valence electrons. The van der Waals surface area contributed by atoms with Crippen LogP contribution in [0.1, 0.15) is 19.7 Å². The number of ether oxygens (including phenoxy) is 1. The highest BCUT2D eigenvalue weighted by Gasteiger charge is 2.50. The Labute approximate surface area is 162 Å². The van der Waals surface area contributed by atoms with Gasteiger partial charge in [0.05, 0.1) is 12.2 Å². The lowest BCUT2D eigenvalue weighted by Crippen LogP contribution is -2.50. The largest absolute Gasteiger partial charge is 0.483 e. The van der Waals surface area contributed by atoms with E-state index in [1.165, 1.54) is 6.07 Å². The number of anilines is 1. The molecule has 0 fully saturated rings. The van der Waals surface area contributed by atoms with Crippen molar-refractivity contribution in [2.24, 2.45) is 10.4 Å². The van der Waals surface area contributed by atoms with Crippen LogP contribution in [0, 0.1) is 23.6 Å². The van der Waals surface area contributed by atoms with E-state index in [4.69, 9.17) is 6.42 Å². The summed E-state index contributed by atoms with van der Waals surface area (Å²) in [5.41, 5.74) is -0.156. The molecule has 0 unspecified atom stereocenters. The number of carbonyl (C=O) groups excluding carboxylic acids is 1. The predicted octanol–water partition coefficient (Wildman–Crippen LogP) is 2.85. The first kappa shape index (κ1) is 18.6. The van der Waals surface area contributed by atoms with Crippen LogP contribution in [0.2, 0.25) is 0 Å². The highest BCUT2D eigenvalue weighted by Crippen LogP contribution is 2.42. The molecule has 0 bridgehead atoms. The second kappa shape index (κ2) is 6.10. The molecule has 0 atom stereocenters. The Balaban J connectivity index is 1.83. The van der Waals surface area contributed by atoms with Gasteiger partial charge < -0.3 is 9.30 Å². The minimum absolute atomic E-state index is 0.0183. The lowest BCUT2D eigenvalue weighted by molar-refractivity contribution is -0.192. The summed E-state index contributed by atoms with van der Waals surface area (Å²) >= 11 is 1.12. The normalized spacial score (nSPS) is 19.8. The van der Waals surface area contributed by atoms with Gasteiger partial charge >= 0.3 is 12.0 Å². The standard InChI is InChI=1S/C18H15F3N4O2S/c1-4-5-24-12-7-11(10(19)6-13(12)27-18(20,21)15(24)26)22-16-25-9-17(2,3)8-14(25)23-28-16/h1,6-7H,5,8-9H2,2-3H3. The fourth-order valence-electron chi connectivity index (χ4n) is 3.29. The Morgan fingerprint density at radius 1 is 1.43 bits per heavy atom. The molecular formula is C18H15F3N4O2S. The minimum Gasteiger partial charge on any atom is -0.423 e. The summed E-state index contributed by atoms with van der Waals surface area (Å²) in [6, 6.07) is 1.97. The Morgan fingerprint density at radius 3 is 2.89 bits per heavy atom. The molecule has 1 aromatic heterocycles. The van der Waals surface area contributed by atoms with E-state index in [2.05, 4.69) is 33.9 Å². The maximum atomic E-state index is 14.5. The molecule has 2 aromatic rings. The highest BCUT2D eigenvalue weighted by atomic mass is 32.1. The van der Waals surface area contributed by atoms with Gasteiger partial charge in [-0.1, -0.05) is 19.8 Å². The van der Waals surface area contributed by atoms with Crippen molar-refractivity contribution in [3.63, 3.8) is 0 Å². The number of carbonyl (C=O) groups is 1. The van der Waals surface area contributed by atoms with Crippen LogP contribution in [-0.4, -0.2) is 27.5 Å². The topological polar surface area (TPSA) is 59.7 Å². The molecule has 0 aliphatic carbocycles. The van der Waals surface area contributed by atoms with Crippen molar-refractivity contribution in [3.8, 4) is 18.1 Å². The smallest absolute Gasteiger partial charge is 0.423 e. The zero-order chi connectivity index (χ0) is 20.3. The Morgan fingerprint density at radius 2 is 2.18 bits per heavy atom. The fourth-order valence-corrected chi connectivity index (χ4v) is 4.05. The summed E-state index contributed by atoms with van der Waals surface area (Å²) in [6.07, 6.45) is 1.86. The molecule has 3 heterocycles. The van der Waals surface area contributed by atoms with Crippen LogP contribution < -0.4 is 14.4 Å². The van der Waals surface area contributed by atoms with Crippen LogP contribution in [0.4, 0.5) is 24.5 Å². The summed E-state index contributed by atoms with van der Waals surface area (Å²) in [5.74, 6) is 0.0737. The van der Waals surface area contributed by atoms with E-state index in [0.29, 0.717) is 16.2 Å². The number of amides is 1. The minimum atomic E-state index is -4.12. The molecule has 4 rings (SSSR count). The molecule has 28 heavy (non-hydrogen) atoms. The second-order valence-corrected chi connectivity index (χ2v) is 8.14. The zero-order valence-corrected chi connectivity index (χ0v) is 15.8. The number of benzene rings is 1. The van der Waals surface area contributed by atoms with Gasteiger partial charge in [0.1, 0.15) is 11.5 Å². The van der Waals surface area contributed by atoms with E-state index < -0.39 is 30.1 Å². The molecule has 2 aliphatic rings. The lowest BCUT2D eigenvalue weighted by Gasteiger charge is -2.32. The van der Waals surface area contributed by atoms with Crippen LogP contribution in [0.25, 0.3) is 0 Å². The average molecular weight is 408 g/mol. The van der Waals surface area contributed by atoms with Gasteiger partial charge in [0, 0.05) is 30.6 Å². The number of halogens is 3. The van der Waals surface area contributed by atoms with Crippen LogP contribution >= 0.6 is 11.5 Å². The number of aromatic nitrogens is 2. The van der Waals surface area contributed by atoms with Gasteiger partial charge in [0.2, 0.25) is 4.80 Å². The first-order valence-corrected chi connectivity index (χ1v) is 9.14. The van der Waals surface area contributed by atoms with E-state index in [1.54, 1.807) is 0 Å².